The maximum Gasteiger partial charge on any atom is 0.279 e. The molecule has 0 spiro atoms. The number of hydrogen-bond acceptors (Lipinski definition) is 1. The third-order valence-corrected chi connectivity index (χ3v) is 4.56. The Kier molecular flexibility index (Phi) is 6.46. The van der Waals surface area contributed by atoms with Gasteiger partial charge >= 0.3 is 0 Å². The molecule has 122 valence electrons. The van der Waals surface area contributed by atoms with Gasteiger partial charge in [-0.3, -0.25) is 4.79 Å². The standard InChI is InChI=1S/C18H20Cl2N2O/c1-3-22(11-14-7-5-4-6-8-14)12-16(23)21-18-15(19)10-9-13(2)17(18)20/h4-10H,3,11-12H2,1-2H3,(H,21,23)/p+1. The van der Waals surface area contributed by atoms with Gasteiger partial charge in [0.25, 0.3) is 5.91 Å². The highest BCUT2D eigenvalue weighted by molar-refractivity contribution is 6.40. The smallest absolute Gasteiger partial charge is 0.279 e. The number of benzene rings is 2. The average Bonchev–Trinajstić information content (AvgIpc) is 2.55. The van der Waals surface area contributed by atoms with E-state index in [4.69, 9.17) is 23.2 Å². The van der Waals surface area contributed by atoms with Gasteiger partial charge in [-0.2, -0.15) is 0 Å². The fourth-order valence-electron chi connectivity index (χ4n) is 2.38. The lowest BCUT2D eigenvalue weighted by atomic mass is 10.2. The van der Waals surface area contributed by atoms with Crippen molar-refractivity contribution in [2.45, 2.75) is 20.4 Å². The number of rotatable bonds is 6. The van der Waals surface area contributed by atoms with Crippen LogP contribution in [0.3, 0.4) is 0 Å². The van der Waals surface area contributed by atoms with E-state index in [9.17, 15) is 4.79 Å². The van der Waals surface area contributed by atoms with E-state index in [1.807, 2.05) is 31.2 Å². The van der Waals surface area contributed by atoms with Crippen LogP contribution in [-0.2, 0) is 11.3 Å². The maximum atomic E-state index is 12.3. The largest absolute Gasteiger partial charge is 0.324 e. The summed E-state index contributed by atoms with van der Waals surface area (Å²) in [5.74, 6) is -0.0906. The molecule has 0 saturated carbocycles. The Bertz CT molecular complexity index is 674. The van der Waals surface area contributed by atoms with Crippen molar-refractivity contribution >= 4 is 34.8 Å². The molecule has 2 rings (SSSR count). The van der Waals surface area contributed by atoms with Crippen LogP contribution in [-0.4, -0.2) is 19.0 Å². The molecule has 2 N–H and O–H groups in total. The Labute approximate surface area is 147 Å². The number of anilines is 1. The molecule has 0 radical (unpaired) electrons. The summed E-state index contributed by atoms with van der Waals surface area (Å²) in [5.41, 5.74) is 2.59. The number of aryl methyl sites for hydroxylation is 1. The monoisotopic (exact) mass is 351 g/mol. The van der Waals surface area contributed by atoms with E-state index in [-0.39, 0.29) is 5.91 Å². The third-order valence-electron chi connectivity index (χ3n) is 3.76. The Morgan fingerprint density at radius 2 is 1.83 bits per heavy atom. The van der Waals surface area contributed by atoms with Crippen LogP contribution >= 0.6 is 23.2 Å². The van der Waals surface area contributed by atoms with Gasteiger partial charge in [0.2, 0.25) is 0 Å². The first-order valence-electron chi connectivity index (χ1n) is 7.63. The zero-order valence-electron chi connectivity index (χ0n) is 13.3. The minimum absolute atomic E-state index is 0.0906. The third kappa shape index (κ3) is 4.96. The van der Waals surface area contributed by atoms with Gasteiger partial charge in [-0.05, 0) is 25.5 Å². The lowest BCUT2D eigenvalue weighted by Gasteiger charge is -2.18. The van der Waals surface area contributed by atoms with Crippen LogP contribution in [0.1, 0.15) is 18.1 Å². The maximum absolute atomic E-state index is 12.3. The van der Waals surface area contributed by atoms with Crippen molar-refractivity contribution in [3.63, 3.8) is 0 Å². The Morgan fingerprint density at radius 1 is 1.13 bits per heavy atom. The normalized spacial score (nSPS) is 12.0. The van der Waals surface area contributed by atoms with Crippen molar-refractivity contribution < 1.29 is 9.69 Å². The van der Waals surface area contributed by atoms with Gasteiger partial charge in [0.05, 0.1) is 22.3 Å². The molecule has 3 nitrogen and oxygen atoms in total. The molecule has 0 heterocycles. The minimum atomic E-state index is -0.0906. The minimum Gasteiger partial charge on any atom is -0.324 e. The molecule has 0 aliphatic carbocycles. The molecule has 2 aromatic carbocycles. The van der Waals surface area contributed by atoms with Crippen LogP contribution in [0, 0.1) is 6.92 Å². The van der Waals surface area contributed by atoms with E-state index in [2.05, 4.69) is 24.4 Å². The second-order valence-electron chi connectivity index (χ2n) is 5.54. The van der Waals surface area contributed by atoms with Gasteiger partial charge in [-0.15, -0.1) is 0 Å². The van der Waals surface area contributed by atoms with Gasteiger partial charge in [0.1, 0.15) is 6.54 Å². The zero-order chi connectivity index (χ0) is 16.8. The summed E-state index contributed by atoms with van der Waals surface area (Å²) >= 11 is 12.4. The van der Waals surface area contributed by atoms with Crippen molar-refractivity contribution in [3.8, 4) is 0 Å². The number of carbonyl (C=O) groups excluding carboxylic acids is 1. The summed E-state index contributed by atoms with van der Waals surface area (Å²) in [4.78, 5) is 13.5. The first-order valence-corrected chi connectivity index (χ1v) is 8.38. The second kappa shape index (κ2) is 8.34. The highest BCUT2D eigenvalue weighted by Crippen LogP contribution is 2.32. The van der Waals surface area contributed by atoms with Crippen LogP contribution in [0.2, 0.25) is 10.0 Å². The molecule has 5 heteroatoms. The zero-order valence-corrected chi connectivity index (χ0v) is 14.8. The van der Waals surface area contributed by atoms with Gasteiger partial charge in [0.15, 0.2) is 6.54 Å². The van der Waals surface area contributed by atoms with E-state index in [0.717, 1.165) is 18.7 Å². The summed E-state index contributed by atoms with van der Waals surface area (Å²) in [6.07, 6.45) is 0. The first kappa shape index (κ1) is 17.8. The predicted molar refractivity (Wildman–Crippen MR) is 96.3 cm³/mol. The fourth-order valence-corrected chi connectivity index (χ4v) is 2.84. The van der Waals surface area contributed by atoms with Gasteiger partial charge in [0, 0.05) is 5.56 Å². The Hall–Kier alpha value is -1.55. The molecule has 1 atom stereocenters. The quantitative estimate of drug-likeness (QED) is 0.821. The molecule has 2 aromatic rings. The average molecular weight is 352 g/mol. The SMILES string of the molecule is CC[NH+](CC(=O)Nc1c(Cl)ccc(C)c1Cl)Cc1ccccc1. The number of carbonyl (C=O) groups is 1. The second-order valence-corrected chi connectivity index (χ2v) is 6.33. The number of amides is 1. The molecule has 1 unspecified atom stereocenters. The van der Waals surface area contributed by atoms with Crippen molar-refractivity contribution in [3.05, 3.63) is 63.6 Å². The van der Waals surface area contributed by atoms with E-state index in [1.54, 1.807) is 6.07 Å². The van der Waals surface area contributed by atoms with E-state index >= 15 is 0 Å². The first-order chi connectivity index (χ1) is 11.0. The molecule has 0 bridgehead atoms. The molecular formula is C18H21Cl2N2O+. The number of hydrogen-bond donors (Lipinski definition) is 2. The molecule has 0 aromatic heterocycles. The van der Waals surface area contributed by atoms with E-state index < -0.39 is 0 Å². The van der Waals surface area contributed by atoms with Gasteiger partial charge in [-0.25, -0.2) is 0 Å². The Morgan fingerprint density at radius 3 is 2.48 bits per heavy atom. The molecule has 23 heavy (non-hydrogen) atoms. The summed E-state index contributed by atoms with van der Waals surface area (Å²) in [6.45, 7) is 5.98. The van der Waals surface area contributed by atoms with E-state index in [0.29, 0.717) is 22.3 Å². The summed E-state index contributed by atoms with van der Waals surface area (Å²) in [6, 6.07) is 13.7. The number of likely N-dealkylation sites (N-methyl/N-ethyl adjacent to an activating group) is 1. The summed E-state index contributed by atoms with van der Waals surface area (Å²) < 4.78 is 0. The molecule has 0 aliphatic rings. The highest BCUT2D eigenvalue weighted by Gasteiger charge is 2.16. The summed E-state index contributed by atoms with van der Waals surface area (Å²) in [7, 11) is 0. The lowest BCUT2D eigenvalue weighted by molar-refractivity contribution is -0.903. The van der Waals surface area contributed by atoms with Gasteiger partial charge in [-0.1, -0.05) is 59.6 Å². The van der Waals surface area contributed by atoms with E-state index in [1.165, 1.54) is 10.5 Å². The van der Waals surface area contributed by atoms with Crippen molar-refractivity contribution in [1.29, 1.82) is 0 Å². The molecule has 0 saturated heterocycles. The molecule has 0 aliphatic heterocycles. The number of quaternary nitrogens is 1. The van der Waals surface area contributed by atoms with Crippen LogP contribution in [0.4, 0.5) is 5.69 Å². The van der Waals surface area contributed by atoms with Crippen LogP contribution in [0.5, 0.6) is 0 Å². The molecule has 1 amide bonds. The van der Waals surface area contributed by atoms with Gasteiger partial charge < -0.3 is 10.2 Å². The van der Waals surface area contributed by atoms with Crippen LogP contribution < -0.4 is 10.2 Å². The fraction of sp³-hybridized carbons (Fsp3) is 0.278. The highest BCUT2D eigenvalue weighted by atomic mass is 35.5. The number of nitrogens with one attached hydrogen (secondary N) is 2. The Balaban J connectivity index is 2.02. The lowest BCUT2D eigenvalue weighted by Crippen LogP contribution is -3.11. The van der Waals surface area contributed by atoms with Crippen molar-refractivity contribution in [1.82, 2.24) is 0 Å². The number of halogens is 2. The topological polar surface area (TPSA) is 33.5 Å². The van der Waals surface area contributed by atoms with Crippen molar-refractivity contribution in [2.75, 3.05) is 18.4 Å². The molecule has 0 fully saturated rings. The van der Waals surface area contributed by atoms with Crippen molar-refractivity contribution in [2.24, 2.45) is 0 Å². The predicted octanol–water partition coefficient (Wildman–Crippen LogP) is 3.35. The molecular weight excluding hydrogens is 331 g/mol. The van der Waals surface area contributed by atoms with Crippen LogP contribution in [0.15, 0.2) is 42.5 Å². The summed E-state index contributed by atoms with van der Waals surface area (Å²) in [5, 5.41) is 3.79. The van der Waals surface area contributed by atoms with Crippen LogP contribution in [0.25, 0.3) is 0 Å².